The number of carbonyl (C=O) groups is 1. The first-order chi connectivity index (χ1) is 14.1. The summed E-state index contributed by atoms with van der Waals surface area (Å²) in [5.74, 6) is 0.814. The van der Waals surface area contributed by atoms with Crippen molar-refractivity contribution in [2.24, 2.45) is 7.05 Å². The zero-order chi connectivity index (χ0) is 20.8. The molecule has 1 heterocycles. The Kier molecular flexibility index (Phi) is 6.34. The highest BCUT2D eigenvalue weighted by Gasteiger charge is 2.19. The van der Waals surface area contributed by atoms with Gasteiger partial charge in [-0.3, -0.25) is 9.59 Å². The maximum Gasteiger partial charge on any atom is 0.298 e. The smallest absolute Gasteiger partial charge is 0.298 e. The Balaban J connectivity index is 2.07. The van der Waals surface area contributed by atoms with Gasteiger partial charge in [-0.25, -0.2) is 0 Å². The van der Waals surface area contributed by atoms with Crippen LogP contribution in [0.3, 0.4) is 0 Å². The molecule has 1 N–H and O–H groups in total. The number of rotatable bonds is 8. The Labute approximate surface area is 169 Å². The normalized spacial score (nSPS) is 11.3. The molecule has 0 atom stereocenters. The van der Waals surface area contributed by atoms with Crippen molar-refractivity contribution in [3.8, 4) is 11.5 Å². The summed E-state index contributed by atoms with van der Waals surface area (Å²) >= 11 is 0. The summed E-state index contributed by atoms with van der Waals surface area (Å²) in [4.78, 5) is 23.8. The number of fused-ring (bicyclic) bond motifs is 1. The lowest BCUT2D eigenvalue weighted by molar-refractivity contribution is -0.120. The maximum atomic E-state index is 12.8. The summed E-state index contributed by atoms with van der Waals surface area (Å²) in [5.41, 5.74) is 2.26. The number of hydrogen-bond donors (Lipinski definition) is 1. The zero-order valence-electron chi connectivity index (χ0n) is 16.8. The number of anilines is 1. The lowest BCUT2D eigenvalue weighted by atomic mass is 10.1. The second-order valence-electron chi connectivity index (χ2n) is 6.52. The summed E-state index contributed by atoms with van der Waals surface area (Å²) in [6, 6.07) is 15.7. The van der Waals surface area contributed by atoms with E-state index in [4.69, 9.17) is 9.47 Å². The van der Waals surface area contributed by atoms with Gasteiger partial charge in [-0.05, 0) is 36.8 Å². The molecule has 0 fully saturated rings. The number of benzene rings is 2. The third kappa shape index (κ3) is 4.32. The quantitative estimate of drug-likeness (QED) is 0.455. The van der Waals surface area contributed by atoms with Crippen LogP contribution >= 0.6 is 0 Å². The third-order valence-corrected chi connectivity index (χ3v) is 4.72. The van der Waals surface area contributed by atoms with E-state index in [1.54, 1.807) is 7.05 Å². The maximum absolute atomic E-state index is 12.8. The fourth-order valence-electron chi connectivity index (χ4n) is 3.11. The van der Waals surface area contributed by atoms with Gasteiger partial charge in [0.2, 0.25) is 5.75 Å². The molecule has 0 aliphatic rings. The van der Waals surface area contributed by atoms with Gasteiger partial charge in [0.05, 0.1) is 11.3 Å². The average Bonchev–Trinajstić information content (AvgIpc) is 2.76. The lowest BCUT2D eigenvalue weighted by Crippen LogP contribution is -2.21. The monoisotopic (exact) mass is 392 g/mol. The van der Waals surface area contributed by atoms with Crippen LogP contribution in [0.2, 0.25) is 0 Å². The van der Waals surface area contributed by atoms with Crippen LogP contribution in [0, 0.1) is 0 Å². The highest BCUT2D eigenvalue weighted by atomic mass is 16.5. The fourth-order valence-corrected chi connectivity index (χ4v) is 3.11. The highest BCUT2D eigenvalue weighted by Crippen LogP contribution is 2.35. The summed E-state index contributed by atoms with van der Waals surface area (Å²) in [5, 5.41) is 4.05. The third-order valence-electron chi connectivity index (χ3n) is 4.72. The molecule has 0 radical (unpaired) electrons. The molecule has 0 amide bonds. The SMILES string of the molecule is CC=C(CC)Oc1c(OC=O)c(=O)n(C)c2cc(NCc3ccccc3)ccc12. The number of allylic oxidation sites excluding steroid dienone is 2. The predicted molar refractivity (Wildman–Crippen MR) is 114 cm³/mol. The minimum Gasteiger partial charge on any atom is -0.457 e. The number of aryl methyl sites for hydroxylation is 1. The number of ether oxygens (including phenoxy) is 2. The molecule has 29 heavy (non-hydrogen) atoms. The van der Waals surface area contributed by atoms with Crippen molar-refractivity contribution in [2.75, 3.05) is 5.32 Å². The van der Waals surface area contributed by atoms with Crippen molar-refractivity contribution in [2.45, 2.75) is 26.8 Å². The van der Waals surface area contributed by atoms with Crippen LogP contribution in [0.4, 0.5) is 5.69 Å². The van der Waals surface area contributed by atoms with Gasteiger partial charge in [-0.1, -0.05) is 37.3 Å². The second-order valence-corrected chi connectivity index (χ2v) is 6.52. The Hall–Kier alpha value is -3.54. The van der Waals surface area contributed by atoms with Crippen molar-refractivity contribution in [1.82, 2.24) is 4.57 Å². The van der Waals surface area contributed by atoms with E-state index in [1.165, 1.54) is 4.57 Å². The molecular weight excluding hydrogens is 368 g/mol. The molecule has 3 aromatic rings. The Morgan fingerprint density at radius 3 is 2.55 bits per heavy atom. The molecular formula is C23H24N2O4. The Morgan fingerprint density at radius 2 is 1.90 bits per heavy atom. The van der Waals surface area contributed by atoms with Crippen LogP contribution < -0.4 is 20.3 Å². The van der Waals surface area contributed by atoms with Crippen LogP contribution in [0.5, 0.6) is 11.5 Å². The topological polar surface area (TPSA) is 69.6 Å². The van der Waals surface area contributed by atoms with Crippen LogP contribution in [0.1, 0.15) is 25.8 Å². The van der Waals surface area contributed by atoms with E-state index in [0.717, 1.165) is 11.3 Å². The van der Waals surface area contributed by atoms with Crippen molar-refractivity contribution < 1.29 is 14.3 Å². The van der Waals surface area contributed by atoms with E-state index in [2.05, 4.69) is 5.32 Å². The standard InChI is InChI=1S/C23H24N2O4/c1-4-18(5-2)29-21-19-12-11-17(24-14-16-9-7-6-8-10-16)13-20(19)25(3)23(27)22(21)28-15-26/h4,6-13,15,24H,5,14H2,1-3H3. The molecule has 150 valence electrons. The fraction of sp³-hybridized carbons (Fsp3) is 0.217. The van der Waals surface area contributed by atoms with E-state index in [9.17, 15) is 9.59 Å². The molecule has 6 nitrogen and oxygen atoms in total. The first kappa shape index (κ1) is 20.2. The van der Waals surface area contributed by atoms with Crippen LogP contribution in [-0.2, 0) is 18.4 Å². The first-order valence-corrected chi connectivity index (χ1v) is 9.46. The second kappa shape index (κ2) is 9.10. The van der Waals surface area contributed by atoms with E-state index in [1.807, 2.05) is 68.5 Å². The zero-order valence-corrected chi connectivity index (χ0v) is 16.8. The van der Waals surface area contributed by atoms with Crippen LogP contribution in [0.15, 0.2) is 65.2 Å². The molecule has 0 aliphatic heterocycles. The molecule has 3 rings (SSSR count). The summed E-state index contributed by atoms with van der Waals surface area (Å²) < 4.78 is 12.4. The van der Waals surface area contributed by atoms with Gasteiger partial charge in [0.1, 0.15) is 0 Å². The Bertz CT molecular complexity index is 1100. The van der Waals surface area contributed by atoms with Gasteiger partial charge in [0, 0.05) is 31.1 Å². The molecule has 0 bridgehead atoms. The van der Waals surface area contributed by atoms with Crippen molar-refractivity contribution in [1.29, 1.82) is 0 Å². The summed E-state index contributed by atoms with van der Waals surface area (Å²) in [6.45, 7) is 4.71. The van der Waals surface area contributed by atoms with Gasteiger partial charge in [0.15, 0.2) is 5.75 Å². The van der Waals surface area contributed by atoms with E-state index >= 15 is 0 Å². The van der Waals surface area contributed by atoms with Gasteiger partial charge < -0.3 is 19.4 Å². The molecule has 0 saturated carbocycles. The Morgan fingerprint density at radius 1 is 1.14 bits per heavy atom. The number of hydrogen-bond acceptors (Lipinski definition) is 5. The minimum absolute atomic E-state index is 0.118. The predicted octanol–water partition coefficient (Wildman–Crippen LogP) is 4.38. The molecule has 6 heteroatoms. The number of aromatic nitrogens is 1. The van der Waals surface area contributed by atoms with Gasteiger partial charge in [-0.15, -0.1) is 0 Å². The number of nitrogens with zero attached hydrogens (tertiary/aromatic N) is 1. The molecule has 2 aromatic carbocycles. The van der Waals surface area contributed by atoms with E-state index in [-0.39, 0.29) is 18.0 Å². The van der Waals surface area contributed by atoms with Gasteiger partial charge in [-0.2, -0.15) is 0 Å². The highest BCUT2D eigenvalue weighted by molar-refractivity contribution is 5.90. The van der Waals surface area contributed by atoms with Crippen molar-refractivity contribution in [3.63, 3.8) is 0 Å². The van der Waals surface area contributed by atoms with E-state index < -0.39 is 5.56 Å². The minimum atomic E-state index is -0.439. The number of pyridine rings is 1. The van der Waals surface area contributed by atoms with E-state index in [0.29, 0.717) is 29.6 Å². The molecule has 0 spiro atoms. The van der Waals surface area contributed by atoms with Gasteiger partial charge >= 0.3 is 0 Å². The van der Waals surface area contributed by atoms with Crippen molar-refractivity contribution in [3.05, 3.63) is 76.3 Å². The first-order valence-electron chi connectivity index (χ1n) is 9.46. The average molecular weight is 392 g/mol. The van der Waals surface area contributed by atoms with Crippen molar-refractivity contribution >= 4 is 23.1 Å². The lowest BCUT2D eigenvalue weighted by Gasteiger charge is -2.17. The number of nitrogens with one attached hydrogen (secondary N) is 1. The molecule has 0 unspecified atom stereocenters. The van der Waals surface area contributed by atoms with Gasteiger partial charge in [0.25, 0.3) is 12.0 Å². The summed E-state index contributed by atoms with van der Waals surface area (Å²) in [7, 11) is 1.64. The molecule has 1 aromatic heterocycles. The van der Waals surface area contributed by atoms with Crippen LogP contribution in [0.25, 0.3) is 10.9 Å². The van der Waals surface area contributed by atoms with Crippen LogP contribution in [-0.4, -0.2) is 11.0 Å². The largest absolute Gasteiger partial charge is 0.457 e. The molecule has 0 aliphatic carbocycles. The molecule has 0 saturated heterocycles. The summed E-state index contributed by atoms with van der Waals surface area (Å²) in [6.07, 6.45) is 2.47. The number of carbonyl (C=O) groups excluding carboxylic acids is 1.